The smallest absolute Gasteiger partial charge is 0.305 e. The predicted molar refractivity (Wildman–Crippen MR) is 63.7 cm³/mol. The van der Waals surface area contributed by atoms with Gasteiger partial charge in [-0.3, -0.25) is 9.59 Å². The zero-order valence-corrected chi connectivity index (χ0v) is 9.80. The number of halogens is 1. The van der Waals surface area contributed by atoms with Crippen LogP contribution in [0.25, 0.3) is 0 Å². The number of rotatable bonds is 5. The third kappa shape index (κ3) is 2.85. The fourth-order valence-electron chi connectivity index (χ4n) is 1.78. The highest BCUT2D eigenvalue weighted by Gasteiger charge is 2.34. The Balaban J connectivity index is 2.20. The van der Waals surface area contributed by atoms with E-state index in [-0.39, 0.29) is 30.5 Å². The van der Waals surface area contributed by atoms with E-state index in [9.17, 15) is 14.0 Å². The molecule has 1 aromatic rings. The molecule has 18 heavy (non-hydrogen) atoms. The molecule has 96 valence electrons. The average molecular weight is 251 g/mol. The molecule has 0 aromatic heterocycles. The van der Waals surface area contributed by atoms with Gasteiger partial charge in [0.25, 0.3) is 0 Å². The molecule has 1 N–H and O–H groups in total. The number of carbonyl (C=O) groups excluding carboxylic acids is 1. The standard InChI is InChI=1S/C13H14FNO3/c14-10-3-1-2-4-11(10)15(8-7-12(16)17)13(18)9-5-6-9/h1-4,9H,5-8H2,(H,16,17). The fraction of sp³-hybridized carbons (Fsp3) is 0.385. The van der Waals surface area contributed by atoms with Gasteiger partial charge in [-0.25, -0.2) is 4.39 Å². The summed E-state index contributed by atoms with van der Waals surface area (Å²) in [6.45, 7) is 0.00556. The van der Waals surface area contributed by atoms with Crippen molar-refractivity contribution in [1.82, 2.24) is 0 Å². The number of carbonyl (C=O) groups is 2. The van der Waals surface area contributed by atoms with Crippen LogP contribution < -0.4 is 4.90 Å². The summed E-state index contributed by atoms with van der Waals surface area (Å²) in [6, 6.07) is 5.93. The minimum Gasteiger partial charge on any atom is -0.481 e. The van der Waals surface area contributed by atoms with Crippen molar-refractivity contribution in [1.29, 1.82) is 0 Å². The summed E-state index contributed by atoms with van der Waals surface area (Å²) in [5.41, 5.74) is 0.163. The van der Waals surface area contributed by atoms with Gasteiger partial charge in [-0.05, 0) is 25.0 Å². The lowest BCUT2D eigenvalue weighted by molar-refractivity contribution is -0.136. The minimum absolute atomic E-state index is 0.00556. The number of nitrogens with zero attached hydrogens (tertiary/aromatic N) is 1. The van der Waals surface area contributed by atoms with Gasteiger partial charge >= 0.3 is 5.97 Å². The lowest BCUT2D eigenvalue weighted by Crippen LogP contribution is -2.34. The van der Waals surface area contributed by atoms with E-state index in [1.54, 1.807) is 6.07 Å². The zero-order valence-electron chi connectivity index (χ0n) is 9.80. The molecule has 1 saturated carbocycles. The monoisotopic (exact) mass is 251 g/mol. The van der Waals surface area contributed by atoms with Crippen molar-refractivity contribution in [3.05, 3.63) is 30.1 Å². The van der Waals surface area contributed by atoms with Gasteiger partial charge in [-0.15, -0.1) is 0 Å². The maximum atomic E-state index is 13.7. The minimum atomic E-state index is -1.00. The maximum Gasteiger partial charge on any atom is 0.305 e. The molecular weight excluding hydrogens is 237 g/mol. The van der Waals surface area contributed by atoms with Crippen LogP contribution in [0.4, 0.5) is 10.1 Å². The fourth-order valence-corrected chi connectivity index (χ4v) is 1.78. The summed E-state index contributed by atoms with van der Waals surface area (Å²) in [6.07, 6.45) is 1.42. The van der Waals surface area contributed by atoms with Gasteiger partial charge in [0.05, 0.1) is 12.1 Å². The van der Waals surface area contributed by atoms with Crippen LogP contribution in [-0.4, -0.2) is 23.5 Å². The van der Waals surface area contributed by atoms with Crippen LogP contribution in [0.15, 0.2) is 24.3 Å². The molecule has 2 rings (SSSR count). The number of hydrogen-bond acceptors (Lipinski definition) is 2. The molecule has 0 heterocycles. The summed E-state index contributed by atoms with van der Waals surface area (Å²) in [5, 5.41) is 8.68. The molecule has 4 nitrogen and oxygen atoms in total. The van der Waals surface area contributed by atoms with E-state index in [1.165, 1.54) is 23.1 Å². The number of benzene rings is 1. The SMILES string of the molecule is O=C(O)CCN(C(=O)C1CC1)c1ccccc1F. The molecule has 0 unspecified atom stereocenters. The van der Waals surface area contributed by atoms with Gasteiger partial charge in [0.1, 0.15) is 5.82 Å². The van der Waals surface area contributed by atoms with Crippen LogP contribution in [0.3, 0.4) is 0 Å². The van der Waals surface area contributed by atoms with Crippen molar-refractivity contribution in [2.75, 3.05) is 11.4 Å². The first kappa shape index (κ1) is 12.5. The highest BCUT2D eigenvalue weighted by molar-refractivity contribution is 5.96. The number of hydrogen-bond donors (Lipinski definition) is 1. The molecule has 1 aliphatic rings. The lowest BCUT2D eigenvalue weighted by Gasteiger charge is -2.22. The Labute approximate surface area is 104 Å². The van der Waals surface area contributed by atoms with Gasteiger partial charge in [-0.1, -0.05) is 12.1 Å². The second-order valence-corrected chi connectivity index (χ2v) is 4.36. The number of amides is 1. The van der Waals surface area contributed by atoms with Crippen molar-refractivity contribution in [2.45, 2.75) is 19.3 Å². The van der Waals surface area contributed by atoms with Gasteiger partial charge < -0.3 is 10.0 Å². The largest absolute Gasteiger partial charge is 0.481 e. The lowest BCUT2D eigenvalue weighted by atomic mass is 10.2. The summed E-state index contributed by atoms with van der Waals surface area (Å²) in [5.74, 6) is -1.75. The van der Waals surface area contributed by atoms with Crippen molar-refractivity contribution >= 4 is 17.6 Å². The van der Waals surface area contributed by atoms with Gasteiger partial charge in [0.2, 0.25) is 5.91 Å². The summed E-state index contributed by atoms with van der Waals surface area (Å²) >= 11 is 0. The van der Waals surface area contributed by atoms with Crippen LogP contribution in [0, 0.1) is 11.7 Å². The number of carboxylic acids is 1. The van der Waals surface area contributed by atoms with E-state index in [0.29, 0.717) is 0 Å². The Morgan fingerprint density at radius 2 is 2.00 bits per heavy atom. The third-order valence-electron chi connectivity index (χ3n) is 2.89. The molecule has 5 heteroatoms. The van der Waals surface area contributed by atoms with E-state index in [1.807, 2.05) is 0 Å². The average Bonchev–Trinajstić information content (AvgIpc) is 3.14. The maximum absolute atomic E-state index is 13.7. The Kier molecular flexibility index (Phi) is 3.60. The predicted octanol–water partition coefficient (Wildman–Crippen LogP) is 2.04. The van der Waals surface area contributed by atoms with Crippen LogP contribution in [0.2, 0.25) is 0 Å². The number of anilines is 1. The molecule has 0 saturated heterocycles. The molecule has 0 radical (unpaired) electrons. The highest BCUT2D eigenvalue weighted by Crippen LogP contribution is 2.33. The molecule has 0 aliphatic heterocycles. The first-order chi connectivity index (χ1) is 8.59. The Morgan fingerprint density at radius 1 is 1.33 bits per heavy atom. The first-order valence-corrected chi connectivity index (χ1v) is 5.87. The molecule has 0 bridgehead atoms. The Hall–Kier alpha value is -1.91. The normalized spacial score (nSPS) is 14.3. The van der Waals surface area contributed by atoms with E-state index >= 15 is 0 Å². The number of para-hydroxylation sites is 1. The van der Waals surface area contributed by atoms with Crippen molar-refractivity contribution in [2.24, 2.45) is 5.92 Å². The summed E-state index contributed by atoms with van der Waals surface area (Å²) in [7, 11) is 0. The van der Waals surface area contributed by atoms with E-state index in [0.717, 1.165) is 12.8 Å². The quantitative estimate of drug-likeness (QED) is 0.871. The van der Waals surface area contributed by atoms with Crippen molar-refractivity contribution < 1.29 is 19.1 Å². The number of carboxylic acid groups (broad SMARTS) is 1. The Morgan fingerprint density at radius 3 is 2.56 bits per heavy atom. The van der Waals surface area contributed by atoms with Gasteiger partial charge in [0, 0.05) is 12.5 Å². The zero-order chi connectivity index (χ0) is 13.1. The molecule has 1 aromatic carbocycles. The van der Waals surface area contributed by atoms with E-state index in [2.05, 4.69) is 0 Å². The highest BCUT2D eigenvalue weighted by atomic mass is 19.1. The second-order valence-electron chi connectivity index (χ2n) is 4.36. The molecule has 1 fully saturated rings. The molecular formula is C13H14FNO3. The van der Waals surface area contributed by atoms with Crippen LogP contribution in [-0.2, 0) is 9.59 Å². The molecule has 0 atom stereocenters. The molecule has 1 aliphatic carbocycles. The molecule has 1 amide bonds. The van der Waals surface area contributed by atoms with E-state index < -0.39 is 11.8 Å². The first-order valence-electron chi connectivity index (χ1n) is 5.87. The van der Waals surface area contributed by atoms with E-state index in [4.69, 9.17) is 5.11 Å². The summed E-state index contributed by atoms with van der Waals surface area (Å²) in [4.78, 5) is 23.9. The Bertz CT molecular complexity index is 471. The number of aliphatic carboxylic acids is 1. The second kappa shape index (κ2) is 5.16. The molecule has 0 spiro atoms. The summed E-state index contributed by atoms with van der Waals surface area (Å²) < 4.78 is 13.7. The van der Waals surface area contributed by atoms with Gasteiger partial charge in [-0.2, -0.15) is 0 Å². The third-order valence-corrected chi connectivity index (χ3v) is 2.89. The van der Waals surface area contributed by atoms with Crippen LogP contribution >= 0.6 is 0 Å². The van der Waals surface area contributed by atoms with Crippen LogP contribution in [0.1, 0.15) is 19.3 Å². The van der Waals surface area contributed by atoms with Crippen molar-refractivity contribution in [3.63, 3.8) is 0 Å². The van der Waals surface area contributed by atoms with Crippen molar-refractivity contribution in [3.8, 4) is 0 Å². The van der Waals surface area contributed by atoms with Crippen LogP contribution in [0.5, 0.6) is 0 Å². The topological polar surface area (TPSA) is 57.6 Å². The van der Waals surface area contributed by atoms with Gasteiger partial charge in [0.15, 0.2) is 0 Å².